The highest BCUT2D eigenvalue weighted by atomic mass is 19.4. The van der Waals surface area contributed by atoms with Crippen LogP contribution in [0.4, 0.5) is 13.2 Å². The van der Waals surface area contributed by atoms with E-state index in [0.29, 0.717) is 23.8 Å². The summed E-state index contributed by atoms with van der Waals surface area (Å²) in [6, 6.07) is 13.2. The summed E-state index contributed by atoms with van der Waals surface area (Å²) in [5, 5.41) is 0.421. The van der Waals surface area contributed by atoms with Crippen LogP contribution in [-0.4, -0.2) is 18.1 Å². The number of rotatable bonds is 5. The summed E-state index contributed by atoms with van der Waals surface area (Å²) in [5.41, 5.74) is 1.33. The number of hydrogen-bond donors (Lipinski definition) is 0. The second kappa shape index (κ2) is 6.93. The van der Waals surface area contributed by atoms with Crippen molar-refractivity contribution in [3.05, 3.63) is 65.9 Å². The van der Waals surface area contributed by atoms with Crippen LogP contribution in [0.25, 0.3) is 22.0 Å². The third-order valence-corrected chi connectivity index (χ3v) is 3.90. The molecule has 128 valence electrons. The van der Waals surface area contributed by atoms with Crippen LogP contribution in [0.3, 0.4) is 0 Å². The molecule has 0 spiro atoms. The zero-order chi connectivity index (χ0) is 17.9. The van der Waals surface area contributed by atoms with Crippen molar-refractivity contribution in [2.75, 3.05) is 6.61 Å². The largest absolute Gasteiger partial charge is 0.468 e. The Morgan fingerprint density at radius 3 is 2.48 bits per heavy atom. The molecule has 3 nitrogen and oxygen atoms in total. The molecular weight excluding hydrogens is 331 g/mol. The molecule has 6 heteroatoms. The molecule has 0 amide bonds. The summed E-state index contributed by atoms with van der Waals surface area (Å²) in [7, 11) is 0. The highest BCUT2D eigenvalue weighted by Gasteiger charge is 2.33. The van der Waals surface area contributed by atoms with E-state index in [0.717, 1.165) is 17.2 Å². The third kappa shape index (κ3) is 3.47. The summed E-state index contributed by atoms with van der Waals surface area (Å²) < 4.78 is 44.6. The zero-order valence-corrected chi connectivity index (χ0v) is 13.1. The van der Waals surface area contributed by atoms with Crippen molar-refractivity contribution < 1.29 is 22.7 Å². The SMILES string of the molecule is O=COCCc1cnc2c(C(F)(F)F)cccc2c1-c1ccccc1. The van der Waals surface area contributed by atoms with Crippen LogP contribution in [0, 0.1) is 0 Å². The second-order valence-electron chi connectivity index (χ2n) is 5.44. The van der Waals surface area contributed by atoms with E-state index in [9.17, 15) is 18.0 Å². The van der Waals surface area contributed by atoms with E-state index in [4.69, 9.17) is 4.74 Å². The maximum Gasteiger partial charge on any atom is 0.418 e. The lowest BCUT2D eigenvalue weighted by Gasteiger charge is -2.16. The Morgan fingerprint density at radius 1 is 1.04 bits per heavy atom. The Balaban J connectivity index is 2.25. The van der Waals surface area contributed by atoms with Gasteiger partial charge in [0.2, 0.25) is 0 Å². The van der Waals surface area contributed by atoms with Crippen LogP contribution in [0.1, 0.15) is 11.1 Å². The normalized spacial score (nSPS) is 11.5. The highest BCUT2D eigenvalue weighted by molar-refractivity contribution is 5.97. The van der Waals surface area contributed by atoms with Crippen LogP contribution >= 0.6 is 0 Å². The fourth-order valence-corrected chi connectivity index (χ4v) is 2.85. The zero-order valence-electron chi connectivity index (χ0n) is 13.1. The number of carbonyl (C=O) groups excluding carboxylic acids is 1. The second-order valence-corrected chi connectivity index (χ2v) is 5.44. The molecule has 25 heavy (non-hydrogen) atoms. The van der Waals surface area contributed by atoms with Gasteiger partial charge in [0.1, 0.15) is 0 Å². The van der Waals surface area contributed by atoms with Gasteiger partial charge in [0, 0.05) is 18.0 Å². The lowest BCUT2D eigenvalue weighted by atomic mass is 9.93. The number of aromatic nitrogens is 1. The van der Waals surface area contributed by atoms with Crippen molar-refractivity contribution in [2.24, 2.45) is 0 Å². The van der Waals surface area contributed by atoms with Crippen LogP contribution in [-0.2, 0) is 22.1 Å². The number of alkyl halides is 3. The first-order valence-electron chi connectivity index (χ1n) is 7.61. The Hall–Kier alpha value is -2.89. The van der Waals surface area contributed by atoms with E-state index < -0.39 is 11.7 Å². The highest BCUT2D eigenvalue weighted by Crippen LogP contribution is 2.38. The Morgan fingerprint density at radius 2 is 1.80 bits per heavy atom. The fraction of sp³-hybridized carbons (Fsp3) is 0.158. The monoisotopic (exact) mass is 345 g/mol. The Bertz CT molecular complexity index is 892. The molecule has 0 saturated heterocycles. The molecule has 0 aliphatic carbocycles. The maximum absolute atomic E-state index is 13.3. The smallest absolute Gasteiger partial charge is 0.418 e. The average Bonchev–Trinajstić information content (AvgIpc) is 2.61. The van der Waals surface area contributed by atoms with Gasteiger partial charge in [-0.3, -0.25) is 9.78 Å². The standard InChI is InChI=1S/C19H14F3NO2/c20-19(21,22)16-8-4-7-15-17(13-5-2-1-3-6-13)14(9-10-25-12-24)11-23-18(15)16/h1-8,11-12H,9-10H2. The van der Waals surface area contributed by atoms with Crippen molar-refractivity contribution in [2.45, 2.75) is 12.6 Å². The van der Waals surface area contributed by atoms with Crippen molar-refractivity contribution in [3.63, 3.8) is 0 Å². The number of pyridine rings is 1. The molecule has 0 aliphatic rings. The summed E-state index contributed by atoms with van der Waals surface area (Å²) in [4.78, 5) is 14.4. The van der Waals surface area contributed by atoms with Crippen LogP contribution in [0.5, 0.6) is 0 Å². The van der Waals surface area contributed by atoms with Gasteiger partial charge in [0.05, 0.1) is 17.7 Å². The predicted octanol–water partition coefficient (Wildman–Crippen LogP) is 4.64. The first-order valence-corrected chi connectivity index (χ1v) is 7.61. The molecule has 0 saturated carbocycles. The van der Waals surface area contributed by atoms with Gasteiger partial charge >= 0.3 is 6.18 Å². The Kier molecular flexibility index (Phi) is 4.70. The van der Waals surface area contributed by atoms with Crippen molar-refractivity contribution in [1.29, 1.82) is 0 Å². The molecule has 0 aliphatic heterocycles. The quantitative estimate of drug-likeness (QED) is 0.500. The van der Waals surface area contributed by atoms with E-state index in [1.165, 1.54) is 12.3 Å². The van der Waals surface area contributed by atoms with Crippen molar-refractivity contribution in [1.82, 2.24) is 4.98 Å². The van der Waals surface area contributed by atoms with E-state index in [2.05, 4.69) is 4.98 Å². The van der Waals surface area contributed by atoms with Gasteiger partial charge in [-0.15, -0.1) is 0 Å². The first-order chi connectivity index (χ1) is 12.0. The molecule has 0 N–H and O–H groups in total. The van der Waals surface area contributed by atoms with Gasteiger partial charge < -0.3 is 4.74 Å². The molecule has 3 aromatic rings. The molecule has 3 rings (SSSR count). The van der Waals surface area contributed by atoms with Gasteiger partial charge in [-0.2, -0.15) is 13.2 Å². The summed E-state index contributed by atoms with van der Waals surface area (Å²) in [6.45, 7) is 0.480. The number of hydrogen-bond acceptors (Lipinski definition) is 3. The number of fused-ring (bicyclic) bond motifs is 1. The van der Waals surface area contributed by atoms with E-state index in [1.807, 2.05) is 30.3 Å². The lowest BCUT2D eigenvalue weighted by Crippen LogP contribution is -2.08. The van der Waals surface area contributed by atoms with Gasteiger partial charge in [-0.1, -0.05) is 42.5 Å². The van der Waals surface area contributed by atoms with E-state index >= 15 is 0 Å². The first kappa shape index (κ1) is 17.0. The molecule has 1 heterocycles. The lowest BCUT2D eigenvalue weighted by molar-refractivity contribution is -0.136. The number of nitrogens with zero attached hydrogens (tertiary/aromatic N) is 1. The summed E-state index contributed by atoms with van der Waals surface area (Å²) >= 11 is 0. The molecule has 0 unspecified atom stereocenters. The topological polar surface area (TPSA) is 39.2 Å². The minimum absolute atomic E-state index is 0.0890. The summed E-state index contributed by atoms with van der Waals surface area (Å²) in [6.07, 6.45) is -2.70. The van der Waals surface area contributed by atoms with Gasteiger partial charge in [0.15, 0.2) is 0 Å². The van der Waals surface area contributed by atoms with Gasteiger partial charge in [-0.25, -0.2) is 0 Å². The predicted molar refractivity (Wildman–Crippen MR) is 87.9 cm³/mol. The van der Waals surface area contributed by atoms with Crippen LogP contribution in [0.15, 0.2) is 54.7 Å². The number of benzene rings is 2. The average molecular weight is 345 g/mol. The molecule has 2 aromatic carbocycles. The van der Waals surface area contributed by atoms with Crippen molar-refractivity contribution >= 4 is 17.4 Å². The number of ether oxygens (including phenoxy) is 1. The molecule has 1 aromatic heterocycles. The molecular formula is C19H14F3NO2. The fourth-order valence-electron chi connectivity index (χ4n) is 2.85. The van der Waals surface area contributed by atoms with Crippen LogP contribution < -0.4 is 0 Å². The van der Waals surface area contributed by atoms with E-state index in [-0.39, 0.29) is 12.1 Å². The van der Waals surface area contributed by atoms with E-state index in [1.54, 1.807) is 6.07 Å². The number of para-hydroxylation sites is 1. The van der Waals surface area contributed by atoms with Gasteiger partial charge in [-0.05, 0) is 22.8 Å². The maximum atomic E-state index is 13.3. The third-order valence-electron chi connectivity index (χ3n) is 3.90. The molecule has 0 atom stereocenters. The minimum Gasteiger partial charge on any atom is -0.468 e. The molecule has 0 fully saturated rings. The van der Waals surface area contributed by atoms with Gasteiger partial charge in [0.25, 0.3) is 6.47 Å². The Labute approximate surface area is 142 Å². The molecule has 0 bridgehead atoms. The van der Waals surface area contributed by atoms with Crippen LogP contribution in [0.2, 0.25) is 0 Å². The summed E-state index contributed by atoms with van der Waals surface area (Å²) in [5.74, 6) is 0. The number of halogens is 3. The number of carbonyl (C=O) groups is 1. The van der Waals surface area contributed by atoms with Crippen molar-refractivity contribution in [3.8, 4) is 11.1 Å². The minimum atomic E-state index is -4.48. The molecule has 0 radical (unpaired) electrons.